The van der Waals surface area contributed by atoms with Gasteiger partial charge in [-0.1, -0.05) is 25.1 Å². The Bertz CT molecular complexity index is 591. The van der Waals surface area contributed by atoms with Gasteiger partial charge in [-0.15, -0.1) is 0 Å². The van der Waals surface area contributed by atoms with E-state index >= 15 is 0 Å². The highest BCUT2D eigenvalue weighted by Crippen LogP contribution is 2.24. The molecule has 0 aliphatic heterocycles. The Morgan fingerprint density at radius 1 is 1.10 bits per heavy atom. The van der Waals surface area contributed by atoms with Crippen LogP contribution in [0.25, 0.3) is 0 Å². The van der Waals surface area contributed by atoms with Crippen LogP contribution in [0, 0.1) is 6.92 Å². The van der Waals surface area contributed by atoms with E-state index in [1.54, 1.807) is 0 Å². The van der Waals surface area contributed by atoms with Gasteiger partial charge in [-0.2, -0.15) is 4.98 Å². The molecule has 1 aromatic carbocycles. The summed E-state index contributed by atoms with van der Waals surface area (Å²) < 4.78 is 0. The number of para-hydroxylation sites is 1. The number of hydrogen-bond acceptors (Lipinski definition) is 4. The summed E-state index contributed by atoms with van der Waals surface area (Å²) in [5.41, 5.74) is 3.62. The van der Waals surface area contributed by atoms with Crippen LogP contribution in [0.1, 0.15) is 31.9 Å². The third-order valence-corrected chi connectivity index (χ3v) is 3.71. The minimum atomic E-state index is 0.656. The molecule has 4 nitrogen and oxygen atoms in total. The van der Waals surface area contributed by atoms with Crippen molar-refractivity contribution in [3.8, 4) is 0 Å². The molecule has 0 aliphatic carbocycles. The van der Waals surface area contributed by atoms with E-state index in [-0.39, 0.29) is 0 Å². The van der Waals surface area contributed by atoms with Crippen molar-refractivity contribution in [3.63, 3.8) is 0 Å². The highest BCUT2D eigenvalue weighted by Gasteiger charge is 2.08. The second-order valence-electron chi connectivity index (χ2n) is 5.00. The summed E-state index contributed by atoms with van der Waals surface area (Å²) >= 11 is 0. The monoisotopic (exact) mass is 284 g/mol. The molecule has 2 rings (SSSR count). The Labute approximate surface area is 127 Å². The zero-order chi connectivity index (χ0) is 15.2. The van der Waals surface area contributed by atoms with Crippen LogP contribution in [-0.2, 0) is 6.42 Å². The van der Waals surface area contributed by atoms with Crippen LogP contribution in [0.15, 0.2) is 30.5 Å². The highest BCUT2D eigenvalue weighted by molar-refractivity contribution is 5.63. The maximum atomic E-state index is 4.63. The first kappa shape index (κ1) is 15.3. The Morgan fingerprint density at radius 3 is 2.52 bits per heavy atom. The Kier molecular flexibility index (Phi) is 5.14. The van der Waals surface area contributed by atoms with Gasteiger partial charge in [-0.05, 0) is 44.4 Å². The number of nitrogens with one attached hydrogen (secondary N) is 1. The first-order valence-corrected chi connectivity index (χ1v) is 7.63. The Hall–Kier alpha value is -2.10. The van der Waals surface area contributed by atoms with Crippen LogP contribution in [0.5, 0.6) is 0 Å². The van der Waals surface area contributed by atoms with Gasteiger partial charge >= 0.3 is 0 Å². The van der Waals surface area contributed by atoms with E-state index in [1.807, 2.05) is 12.3 Å². The number of hydrogen-bond donors (Lipinski definition) is 1. The molecule has 0 fully saturated rings. The lowest BCUT2D eigenvalue weighted by Crippen LogP contribution is -2.23. The predicted molar refractivity (Wildman–Crippen MR) is 89.4 cm³/mol. The normalized spacial score (nSPS) is 10.5. The fourth-order valence-electron chi connectivity index (χ4n) is 2.45. The van der Waals surface area contributed by atoms with E-state index in [0.29, 0.717) is 5.95 Å². The average molecular weight is 284 g/mol. The average Bonchev–Trinajstić information content (AvgIpc) is 2.51. The summed E-state index contributed by atoms with van der Waals surface area (Å²) in [4.78, 5) is 11.2. The van der Waals surface area contributed by atoms with Gasteiger partial charge in [0.2, 0.25) is 5.95 Å². The lowest BCUT2D eigenvalue weighted by molar-refractivity contribution is 0.843. The maximum Gasteiger partial charge on any atom is 0.229 e. The molecule has 2 aromatic rings. The van der Waals surface area contributed by atoms with Gasteiger partial charge in [0.05, 0.1) is 0 Å². The van der Waals surface area contributed by atoms with Gasteiger partial charge in [0.15, 0.2) is 0 Å². The maximum absolute atomic E-state index is 4.63. The van der Waals surface area contributed by atoms with Gasteiger partial charge in [0.1, 0.15) is 5.82 Å². The summed E-state index contributed by atoms with van der Waals surface area (Å²) in [5, 5.41) is 3.39. The third kappa shape index (κ3) is 3.51. The summed E-state index contributed by atoms with van der Waals surface area (Å²) in [6.45, 7) is 10.4. The second-order valence-corrected chi connectivity index (χ2v) is 5.00. The molecule has 1 N–H and O–H groups in total. The number of rotatable bonds is 6. The van der Waals surface area contributed by atoms with Gasteiger partial charge in [0, 0.05) is 25.0 Å². The predicted octanol–water partition coefficient (Wildman–Crippen LogP) is 3.94. The molecule has 1 aromatic heterocycles. The van der Waals surface area contributed by atoms with Crippen molar-refractivity contribution in [2.75, 3.05) is 23.3 Å². The Morgan fingerprint density at radius 2 is 1.86 bits per heavy atom. The lowest BCUT2D eigenvalue weighted by Gasteiger charge is -2.20. The summed E-state index contributed by atoms with van der Waals surface area (Å²) in [6, 6.07) is 8.29. The summed E-state index contributed by atoms with van der Waals surface area (Å²) in [5.74, 6) is 1.62. The molecule has 0 atom stereocenters. The van der Waals surface area contributed by atoms with E-state index in [0.717, 1.165) is 31.0 Å². The minimum absolute atomic E-state index is 0.656. The molecule has 0 saturated carbocycles. The van der Waals surface area contributed by atoms with Gasteiger partial charge < -0.3 is 10.2 Å². The van der Waals surface area contributed by atoms with E-state index < -0.39 is 0 Å². The first-order chi connectivity index (χ1) is 10.2. The fraction of sp³-hybridized carbons (Fsp3) is 0.412. The Balaban J connectivity index is 2.30. The van der Waals surface area contributed by atoms with Gasteiger partial charge in [-0.3, -0.25) is 0 Å². The van der Waals surface area contributed by atoms with Crippen LogP contribution in [0.2, 0.25) is 0 Å². The van der Waals surface area contributed by atoms with Crippen LogP contribution in [-0.4, -0.2) is 23.1 Å². The summed E-state index contributed by atoms with van der Waals surface area (Å²) in [6.07, 6.45) is 2.80. The smallest absolute Gasteiger partial charge is 0.229 e. The van der Waals surface area contributed by atoms with E-state index in [1.165, 1.54) is 11.1 Å². The molecule has 0 amide bonds. The summed E-state index contributed by atoms with van der Waals surface area (Å²) in [7, 11) is 0. The highest BCUT2D eigenvalue weighted by atomic mass is 15.2. The van der Waals surface area contributed by atoms with Crippen molar-refractivity contribution in [3.05, 3.63) is 41.6 Å². The molecule has 0 saturated heterocycles. The second kappa shape index (κ2) is 7.07. The zero-order valence-electron chi connectivity index (χ0n) is 13.3. The van der Waals surface area contributed by atoms with Crippen molar-refractivity contribution in [1.82, 2.24) is 9.97 Å². The molecule has 0 spiro atoms. The third-order valence-electron chi connectivity index (χ3n) is 3.71. The van der Waals surface area contributed by atoms with E-state index in [4.69, 9.17) is 0 Å². The van der Waals surface area contributed by atoms with Crippen LogP contribution < -0.4 is 10.2 Å². The van der Waals surface area contributed by atoms with Crippen LogP contribution >= 0.6 is 0 Å². The molecule has 21 heavy (non-hydrogen) atoms. The molecule has 0 bridgehead atoms. The van der Waals surface area contributed by atoms with E-state index in [2.05, 4.69) is 66.1 Å². The number of aryl methyl sites for hydroxylation is 2. The van der Waals surface area contributed by atoms with Crippen molar-refractivity contribution in [1.29, 1.82) is 0 Å². The molecular weight excluding hydrogens is 260 g/mol. The number of anilines is 3. The van der Waals surface area contributed by atoms with E-state index in [9.17, 15) is 0 Å². The molecule has 4 heteroatoms. The van der Waals surface area contributed by atoms with Gasteiger partial charge in [-0.25, -0.2) is 4.98 Å². The number of benzene rings is 1. The van der Waals surface area contributed by atoms with Gasteiger partial charge in [0.25, 0.3) is 0 Å². The molecule has 0 radical (unpaired) electrons. The molecule has 0 unspecified atom stereocenters. The fourth-order valence-corrected chi connectivity index (χ4v) is 2.45. The quantitative estimate of drug-likeness (QED) is 0.872. The molecular formula is C17H24N4. The number of aromatic nitrogens is 2. The van der Waals surface area contributed by atoms with Crippen LogP contribution in [0.3, 0.4) is 0 Å². The standard InChI is InChI=1S/C17H24N4/c1-5-14-10-8-9-13(4)16(14)20-17-18-12-11-15(19-17)21(6-2)7-3/h8-12H,5-7H2,1-4H3,(H,18,19,20). The molecule has 112 valence electrons. The largest absolute Gasteiger partial charge is 0.357 e. The SMILES string of the molecule is CCc1cccc(C)c1Nc1nccc(N(CC)CC)n1. The van der Waals surface area contributed by atoms with Crippen LogP contribution in [0.4, 0.5) is 17.5 Å². The number of nitrogens with zero attached hydrogens (tertiary/aromatic N) is 3. The molecule has 0 aliphatic rings. The minimum Gasteiger partial charge on any atom is -0.357 e. The topological polar surface area (TPSA) is 41.1 Å². The van der Waals surface area contributed by atoms with Crippen molar-refractivity contribution < 1.29 is 0 Å². The molecule has 1 heterocycles. The van der Waals surface area contributed by atoms with Crippen molar-refractivity contribution in [2.24, 2.45) is 0 Å². The zero-order valence-corrected chi connectivity index (χ0v) is 13.3. The first-order valence-electron chi connectivity index (χ1n) is 7.63. The lowest BCUT2D eigenvalue weighted by atomic mass is 10.1. The van der Waals surface area contributed by atoms with Crippen molar-refractivity contribution >= 4 is 17.5 Å². The van der Waals surface area contributed by atoms with Crippen molar-refractivity contribution in [2.45, 2.75) is 34.1 Å².